The molecule has 0 saturated carbocycles. The van der Waals surface area contributed by atoms with Crippen LogP contribution in [0.25, 0.3) is 0 Å². The summed E-state index contributed by atoms with van der Waals surface area (Å²) in [7, 11) is 4.43. The number of nitrogens with zero attached hydrogens (tertiary/aromatic N) is 1. The summed E-state index contributed by atoms with van der Waals surface area (Å²) < 4.78 is 16.8. The minimum absolute atomic E-state index is 0.295. The van der Waals surface area contributed by atoms with Crippen molar-refractivity contribution in [2.45, 2.75) is 6.92 Å². The molecule has 1 aromatic heterocycles. The highest BCUT2D eigenvalue weighted by atomic mass is 79.9. The Bertz CT molecular complexity index is 1090. The van der Waals surface area contributed by atoms with Crippen LogP contribution in [0.5, 0.6) is 17.2 Å². The van der Waals surface area contributed by atoms with Gasteiger partial charge in [0.05, 0.1) is 27.0 Å². The Morgan fingerprint density at radius 3 is 2.10 bits per heavy atom. The van der Waals surface area contributed by atoms with Crippen LogP contribution in [0.2, 0.25) is 0 Å². The molecule has 8 nitrogen and oxygen atoms in total. The first-order chi connectivity index (χ1) is 14.9. The van der Waals surface area contributed by atoms with E-state index in [4.69, 9.17) is 14.2 Å². The number of amides is 2. The van der Waals surface area contributed by atoms with Gasteiger partial charge < -0.3 is 19.5 Å². The Morgan fingerprint density at radius 2 is 1.55 bits per heavy atom. The molecule has 0 aliphatic carbocycles. The average Bonchev–Trinajstić information content (AvgIpc) is 3.14. The van der Waals surface area contributed by atoms with E-state index in [1.807, 2.05) is 12.1 Å². The SMILES string of the molecule is COc1cc(C(=O)Nc2nc(C)c(C(=O)Nc3ccc(Br)cc3)s2)cc(OC)c1OC. The van der Waals surface area contributed by atoms with Crippen molar-refractivity contribution in [3.8, 4) is 17.2 Å². The lowest BCUT2D eigenvalue weighted by atomic mass is 10.1. The third-order valence-electron chi connectivity index (χ3n) is 4.25. The number of anilines is 2. The van der Waals surface area contributed by atoms with Gasteiger partial charge in [-0.05, 0) is 43.3 Å². The summed E-state index contributed by atoms with van der Waals surface area (Å²) in [5, 5.41) is 5.84. The van der Waals surface area contributed by atoms with Crippen molar-refractivity contribution >= 4 is 49.9 Å². The number of hydrogen-bond acceptors (Lipinski definition) is 7. The van der Waals surface area contributed by atoms with Gasteiger partial charge in [0.1, 0.15) is 4.88 Å². The molecule has 3 aromatic rings. The fraction of sp³-hybridized carbons (Fsp3) is 0.190. The lowest BCUT2D eigenvalue weighted by Crippen LogP contribution is -2.12. The van der Waals surface area contributed by atoms with Crippen LogP contribution in [0.3, 0.4) is 0 Å². The number of methoxy groups -OCH3 is 3. The molecule has 2 aromatic carbocycles. The van der Waals surface area contributed by atoms with Gasteiger partial charge in [0.2, 0.25) is 5.75 Å². The maximum Gasteiger partial charge on any atom is 0.267 e. The van der Waals surface area contributed by atoms with Gasteiger partial charge in [-0.3, -0.25) is 14.9 Å². The summed E-state index contributed by atoms with van der Waals surface area (Å²) in [4.78, 5) is 30.1. The molecule has 2 N–H and O–H groups in total. The number of rotatable bonds is 7. The zero-order valence-electron chi connectivity index (χ0n) is 17.2. The van der Waals surface area contributed by atoms with Crippen LogP contribution in [0.15, 0.2) is 40.9 Å². The Morgan fingerprint density at radius 1 is 0.935 bits per heavy atom. The molecule has 10 heteroatoms. The smallest absolute Gasteiger partial charge is 0.267 e. The summed E-state index contributed by atoms with van der Waals surface area (Å²) in [5.41, 5.74) is 1.46. The molecule has 0 aliphatic heterocycles. The quantitative estimate of drug-likeness (QED) is 0.480. The molecule has 0 aliphatic rings. The minimum atomic E-state index is -0.423. The molecule has 0 bridgehead atoms. The largest absolute Gasteiger partial charge is 0.493 e. The molecule has 3 rings (SSSR count). The van der Waals surface area contributed by atoms with E-state index >= 15 is 0 Å². The van der Waals surface area contributed by atoms with Crippen molar-refractivity contribution in [2.24, 2.45) is 0 Å². The molecule has 0 atom stereocenters. The second-order valence-corrected chi connectivity index (χ2v) is 8.18. The van der Waals surface area contributed by atoms with E-state index in [-0.39, 0.29) is 5.91 Å². The number of aryl methyl sites for hydroxylation is 1. The highest BCUT2D eigenvalue weighted by molar-refractivity contribution is 9.10. The number of halogens is 1. The molecule has 162 valence electrons. The topological polar surface area (TPSA) is 98.8 Å². The monoisotopic (exact) mass is 505 g/mol. The van der Waals surface area contributed by atoms with Crippen molar-refractivity contribution in [3.63, 3.8) is 0 Å². The first-order valence-electron chi connectivity index (χ1n) is 9.02. The minimum Gasteiger partial charge on any atom is -0.493 e. The lowest BCUT2D eigenvalue weighted by molar-refractivity contribution is 0.101. The molecule has 0 spiro atoms. The van der Waals surface area contributed by atoms with Gasteiger partial charge in [0.25, 0.3) is 11.8 Å². The van der Waals surface area contributed by atoms with E-state index in [1.54, 1.807) is 19.1 Å². The van der Waals surface area contributed by atoms with E-state index in [2.05, 4.69) is 31.5 Å². The number of benzene rings is 2. The summed E-state index contributed by atoms with van der Waals surface area (Å²) >= 11 is 4.45. The fourth-order valence-electron chi connectivity index (χ4n) is 2.76. The van der Waals surface area contributed by atoms with E-state index in [0.717, 1.165) is 15.8 Å². The Hall–Kier alpha value is -3.11. The first-order valence-corrected chi connectivity index (χ1v) is 10.6. The first kappa shape index (κ1) is 22.6. The Balaban J connectivity index is 1.78. The van der Waals surface area contributed by atoms with Gasteiger partial charge in [0.15, 0.2) is 16.6 Å². The summed E-state index contributed by atoms with van der Waals surface area (Å²) in [6.07, 6.45) is 0. The number of nitrogens with one attached hydrogen (secondary N) is 2. The maximum absolute atomic E-state index is 12.8. The van der Waals surface area contributed by atoms with Gasteiger partial charge in [-0.15, -0.1) is 0 Å². The van der Waals surface area contributed by atoms with Crippen molar-refractivity contribution in [1.82, 2.24) is 4.98 Å². The zero-order valence-corrected chi connectivity index (χ0v) is 19.6. The lowest BCUT2D eigenvalue weighted by Gasteiger charge is -2.13. The number of ether oxygens (including phenoxy) is 3. The fourth-order valence-corrected chi connectivity index (χ4v) is 3.88. The second kappa shape index (κ2) is 9.80. The Kier molecular flexibility index (Phi) is 7.13. The predicted octanol–water partition coefficient (Wildman–Crippen LogP) is 4.74. The van der Waals surface area contributed by atoms with Crippen LogP contribution in [0.1, 0.15) is 25.7 Å². The van der Waals surface area contributed by atoms with Gasteiger partial charge in [0, 0.05) is 15.7 Å². The molecular formula is C21H20BrN3O5S. The summed E-state index contributed by atoms with van der Waals surface area (Å²) in [6, 6.07) is 10.3. The number of thiazole rings is 1. The van der Waals surface area contributed by atoms with Crippen molar-refractivity contribution in [2.75, 3.05) is 32.0 Å². The Labute approximate surface area is 191 Å². The van der Waals surface area contributed by atoms with Crippen LogP contribution in [-0.2, 0) is 0 Å². The number of carbonyl (C=O) groups excluding carboxylic acids is 2. The normalized spacial score (nSPS) is 10.4. The third kappa shape index (κ3) is 5.15. The summed E-state index contributed by atoms with van der Waals surface area (Å²) in [5.74, 6) is 0.380. The third-order valence-corrected chi connectivity index (χ3v) is 5.85. The van der Waals surface area contributed by atoms with Crippen molar-refractivity contribution in [3.05, 3.63) is 57.0 Å². The van der Waals surface area contributed by atoms with E-state index < -0.39 is 5.91 Å². The molecule has 0 unspecified atom stereocenters. The highest BCUT2D eigenvalue weighted by Crippen LogP contribution is 2.38. The molecule has 0 fully saturated rings. The van der Waals surface area contributed by atoms with Crippen LogP contribution in [0.4, 0.5) is 10.8 Å². The number of carbonyl (C=O) groups is 2. The van der Waals surface area contributed by atoms with E-state index in [9.17, 15) is 9.59 Å². The number of aromatic nitrogens is 1. The van der Waals surface area contributed by atoms with Crippen LogP contribution in [0, 0.1) is 6.92 Å². The average molecular weight is 506 g/mol. The van der Waals surface area contributed by atoms with Gasteiger partial charge in [-0.25, -0.2) is 4.98 Å². The maximum atomic E-state index is 12.8. The molecule has 31 heavy (non-hydrogen) atoms. The molecule has 1 heterocycles. The molecule has 2 amide bonds. The highest BCUT2D eigenvalue weighted by Gasteiger charge is 2.20. The van der Waals surface area contributed by atoms with Gasteiger partial charge in [-0.1, -0.05) is 27.3 Å². The van der Waals surface area contributed by atoms with Gasteiger partial charge in [-0.2, -0.15) is 0 Å². The predicted molar refractivity (Wildman–Crippen MR) is 123 cm³/mol. The molecule has 0 radical (unpaired) electrons. The second-order valence-electron chi connectivity index (χ2n) is 6.26. The standard InChI is InChI=1S/C21H20BrN3O5S/c1-11-18(20(27)24-14-7-5-13(22)6-8-14)31-21(23-11)25-19(26)12-9-15(28-2)17(30-4)16(10-12)29-3/h5-10H,1-4H3,(H,24,27)(H,23,25,26). The molecule has 0 saturated heterocycles. The van der Waals surface area contributed by atoms with Gasteiger partial charge >= 0.3 is 0 Å². The summed E-state index contributed by atoms with van der Waals surface area (Å²) in [6.45, 7) is 1.71. The number of hydrogen-bond donors (Lipinski definition) is 2. The zero-order chi connectivity index (χ0) is 22.5. The van der Waals surface area contributed by atoms with Crippen molar-refractivity contribution in [1.29, 1.82) is 0 Å². The van der Waals surface area contributed by atoms with E-state index in [0.29, 0.717) is 44.2 Å². The van der Waals surface area contributed by atoms with E-state index in [1.165, 1.54) is 33.5 Å². The van der Waals surface area contributed by atoms with Crippen LogP contribution >= 0.6 is 27.3 Å². The van der Waals surface area contributed by atoms with Crippen molar-refractivity contribution < 1.29 is 23.8 Å². The van der Waals surface area contributed by atoms with Crippen LogP contribution < -0.4 is 24.8 Å². The molecular weight excluding hydrogens is 486 g/mol. The van der Waals surface area contributed by atoms with Crippen LogP contribution in [-0.4, -0.2) is 38.1 Å².